The molecule has 2 N–H and O–H groups in total. The maximum atomic E-state index is 11.8. The van der Waals surface area contributed by atoms with Crippen molar-refractivity contribution in [2.75, 3.05) is 5.32 Å². The van der Waals surface area contributed by atoms with E-state index < -0.39 is 5.97 Å². The lowest BCUT2D eigenvalue weighted by Crippen LogP contribution is -2.12. The number of carbonyl (C=O) groups excluding carboxylic acids is 1. The van der Waals surface area contributed by atoms with Crippen LogP contribution in [0.3, 0.4) is 0 Å². The molecule has 8 heteroatoms. The summed E-state index contributed by atoms with van der Waals surface area (Å²) < 4.78 is 1.57. The Balaban J connectivity index is 1.92. The van der Waals surface area contributed by atoms with Gasteiger partial charge >= 0.3 is 5.97 Å². The van der Waals surface area contributed by atoms with E-state index in [0.29, 0.717) is 30.8 Å². The zero-order chi connectivity index (χ0) is 15.9. The number of amides is 1. The molecule has 116 valence electrons. The van der Waals surface area contributed by atoms with Gasteiger partial charge in [0.15, 0.2) is 5.82 Å². The number of benzene rings is 1. The average molecular weight is 303 g/mol. The standard InChI is InChI=1S/C14H17N5O3/c1-10-16-17-18-19(10)12-6-4-5-11(9-12)15-13(20)7-2-3-8-14(21)22/h4-6,9H,2-3,7-8H2,1H3,(H,15,20)(H,21,22). The van der Waals surface area contributed by atoms with Gasteiger partial charge in [-0.1, -0.05) is 6.07 Å². The molecule has 0 saturated carbocycles. The van der Waals surface area contributed by atoms with Crippen LogP contribution in [-0.4, -0.2) is 37.2 Å². The minimum Gasteiger partial charge on any atom is -0.481 e. The van der Waals surface area contributed by atoms with Crippen molar-refractivity contribution in [2.24, 2.45) is 0 Å². The van der Waals surface area contributed by atoms with Gasteiger partial charge in [0, 0.05) is 18.5 Å². The number of aryl methyl sites for hydroxylation is 1. The summed E-state index contributed by atoms with van der Waals surface area (Å²) in [5.74, 6) is -0.335. The van der Waals surface area contributed by atoms with Crippen LogP contribution in [0.2, 0.25) is 0 Å². The van der Waals surface area contributed by atoms with Crippen LogP contribution in [0.25, 0.3) is 5.69 Å². The van der Waals surface area contributed by atoms with Crippen LogP contribution in [0, 0.1) is 6.92 Å². The first-order chi connectivity index (χ1) is 10.6. The van der Waals surface area contributed by atoms with Crippen molar-refractivity contribution in [2.45, 2.75) is 32.6 Å². The molecule has 0 atom stereocenters. The summed E-state index contributed by atoms with van der Waals surface area (Å²) in [5.41, 5.74) is 1.40. The molecule has 2 rings (SSSR count). The summed E-state index contributed by atoms with van der Waals surface area (Å²) >= 11 is 0. The van der Waals surface area contributed by atoms with Gasteiger partial charge in [-0.05, 0) is 48.4 Å². The van der Waals surface area contributed by atoms with Crippen LogP contribution in [0.5, 0.6) is 0 Å². The lowest BCUT2D eigenvalue weighted by molar-refractivity contribution is -0.137. The number of aromatic nitrogens is 4. The van der Waals surface area contributed by atoms with Crippen molar-refractivity contribution in [1.29, 1.82) is 0 Å². The smallest absolute Gasteiger partial charge is 0.303 e. The minimum absolute atomic E-state index is 0.0847. The summed E-state index contributed by atoms with van der Waals surface area (Å²) in [6.45, 7) is 1.79. The van der Waals surface area contributed by atoms with Gasteiger partial charge in [-0.15, -0.1) is 5.10 Å². The summed E-state index contributed by atoms with van der Waals surface area (Å²) in [6.07, 6.45) is 1.42. The highest BCUT2D eigenvalue weighted by Gasteiger charge is 2.07. The van der Waals surface area contributed by atoms with E-state index in [1.54, 1.807) is 29.8 Å². The van der Waals surface area contributed by atoms with Gasteiger partial charge in [-0.25, -0.2) is 0 Å². The molecule has 1 amide bonds. The molecule has 0 unspecified atom stereocenters. The fourth-order valence-corrected chi connectivity index (χ4v) is 1.97. The number of hydrogen-bond acceptors (Lipinski definition) is 5. The second-order valence-corrected chi connectivity index (χ2v) is 4.84. The number of nitrogens with one attached hydrogen (secondary N) is 1. The van der Waals surface area contributed by atoms with Crippen molar-refractivity contribution in [3.8, 4) is 5.69 Å². The molecule has 1 aromatic carbocycles. The second kappa shape index (κ2) is 7.30. The quantitative estimate of drug-likeness (QED) is 0.751. The van der Waals surface area contributed by atoms with Crippen LogP contribution in [0.15, 0.2) is 24.3 Å². The molecule has 8 nitrogen and oxygen atoms in total. The van der Waals surface area contributed by atoms with E-state index in [2.05, 4.69) is 20.8 Å². The van der Waals surface area contributed by atoms with Gasteiger partial charge in [0.05, 0.1) is 5.69 Å². The van der Waals surface area contributed by atoms with E-state index in [9.17, 15) is 9.59 Å². The Bertz CT molecular complexity index is 668. The summed E-state index contributed by atoms with van der Waals surface area (Å²) in [7, 11) is 0. The molecule has 22 heavy (non-hydrogen) atoms. The molecule has 0 fully saturated rings. The highest BCUT2D eigenvalue weighted by molar-refractivity contribution is 5.90. The Morgan fingerprint density at radius 1 is 1.27 bits per heavy atom. The third-order valence-electron chi connectivity index (χ3n) is 3.04. The predicted octanol–water partition coefficient (Wildman–Crippen LogP) is 1.55. The SMILES string of the molecule is Cc1nnnn1-c1cccc(NC(=O)CCCCC(=O)O)c1. The minimum atomic E-state index is -0.843. The third-order valence-corrected chi connectivity index (χ3v) is 3.04. The Kier molecular flexibility index (Phi) is 5.18. The lowest BCUT2D eigenvalue weighted by Gasteiger charge is -2.07. The maximum absolute atomic E-state index is 11.8. The van der Waals surface area contributed by atoms with Crippen LogP contribution in [-0.2, 0) is 9.59 Å². The Hall–Kier alpha value is -2.77. The van der Waals surface area contributed by atoms with E-state index >= 15 is 0 Å². The molecule has 0 bridgehead atoms. The van der Waals surface area contributed by atoms with Gasteiger partial charge in [0.25, 0.3) is 0 Å². The second-order valence-electron chi connectivity index (χ2n) is 4.84. The first-order valence-corrected chi connectivity index (χ1v) is 6.93. The first kappa shape index (κ1) is 15.6. The zero-order valence-electron chi connectivity index (χ0n) is 12.2. The monoisotopic (exact) mass is 303 g/mol. The number of carboxylic acid groups (broad SMARTS) is 1. The fraction of sp³-hybridized carbons (Fsp3) is 0.357. The number of aliphatic carboxylic acids is 1. The lowest BCUT2D eigenvalue weighted by atomic mass is 10.2. The van der Waals surface area contributed by atoms with Crippen LogP contribution < -0.4 is 5.32 Å². The number of carboxylic acids is 1. The van der Waals surface area contributed by atoms with Crippen molar-refractivity contribution < 1.29 is 14.7 Å². The number of nitrogens with zero attached hydrogens (tertiary/aromatic N) is 4. The normalized spacial score (nSPS) is 10.4. The number of tetrazole rings is 1. The number of hydrogen-bond donors (Lipinski definition) is 2. The molecular weight excluding hydrogens is 286 g/mol. The number of unbranched alkanes of at least 4 members (excludes halogenated alkanes) is 1. The predicted molar refractivity (Wildman–Crippen MR) is 78.6 cm³/mol. The number of anilines is 1. The summed E-state index contributed by atoms with van der Waals surface area (Å²) in [6, 6.07) is 7.19. The summed E-state index contributed by atoms with van der Waals surface area (Å²) in [4.78, 5) is 22.2. The van der Waals surface area contributed by atoms with Crippen molar-refractivity contribution in [1.82, 2.24) is 20.2 Å². The van der Waals surface area contributed by atoms with Gasteiger partial charge in [-0.3, -0.25) is 9.59 Å². The van der Waals surface area contributed by atoms with E-state index in [1.807, 2.05) is 6.07 Å². The molecule has 0 aliphatic carbocycles. The Labute approximate surface area is 127 Å². The van der Waals surface area contributed by atoms with Gasteiger partial charge < -0.3 is 10.4 Å². The van der Waals surface area contributed by atoms with Gasteiger partial charge in [0.2, 0.25) is 5.91 Å². The number of rotatable bonds is 7. The fourth-order valence-electron chi connectivity index (χ4n) is 1.97. The highest BCUT2D eigenvalue weighted by atomic mass is 16.4. The molecule has 0 aliphatic heterocycles. The zero-order valence-corrected chi connectivity index (χ0v) is 12.2. The Morgan fingerprint density at radius 3 is 2.73 bits per heavy atom. The summed E-state index contributed by atoms with van der Waals surface area (Å²) in [5, 5.41) is 22.6. The maximum Gasteiger partial charge on any atom is 0.303 e. The van der Waals surface area contributed by atoms with Crippen LogP contribution in [0.4, 0.5) is 5.69 Å². The van der Waals surface area contributed by atoms with Crippen molar-refractivity contribution in [3.63, 3.8) is 0 Å². The molecule has 1 aromatic heterocycles. The number of carbonyl (C=O) groups is 2. The van der Waals surface area contributed by atoms with Crippen molar-refractivity contribution in [3.05, 3.63) is 30.1 Å². The van der Waals surface area contributed by atoms with E-state index in [4.69, 9.17) is 5.11 Å². The molecule has 0 radical (unpaired) electrons. The molecule has 0 aliphatic rings. The van der Waals surface area contributed by atoms with Gasteiger partial charge in [-0.2, -0.15) is 4.68 Å². The molecule has 2 aromatic rings. The molecular formula is C14H17N5O3. The average Bonchev–Trinajstić information content (AvgIpc) is 2.90. The molecule has 0 saturated heterocycles. The van der Waals surface area contributed by atoms with Crippen LogP contribution >= 0.6 is 0 Å². The molecule has 0 spiro atoms. The topological polar surface area (TPSA) is 110 Å². The van der Waals surface area contributed by atoms with E-state index in [0.717, 1.165) is 5.69 Å². The van der Waals surface area contributed by atoms with Gasteiger partial charge in [0.1, 0.15) is 0 Å². The van der Waals surface area contributed by atoms with Crippen molar-refractivity contribution >= 4 is 17.6 Å². The first-order valence-electron chi connectivity index (χ1n) is 6.93. The van der Waals surface area contributed by atoms with Crippen LogP contribution in [0.1, 0.15) is 31.5 Å². The Morgan fingerprint density at radius 2 is 2.05 bits per heavy atom. The highest BCUT2D eigenvalue weighted by Crippen LogP contribution is 2.15. The van der Waals surface area contributed by atoms with E-state index in [1.165, 1.54) is 0 Å². The van der Waals surface area contributed by atoms with E-state index in [-0.39, 0.29) is 12.3 Å². The molecule has 1 heterocycles. The largest absolute Gasteiger partial charge is 0.481 e. The third kappa shape index (κ3) is 4.37.